The van der Waals surface area contributed by atoms with Crippen LogP contribution in [0.4, 0.5) is 0 Å². The second kappa shape index (κ2) is 4.09. The predicted molar refractivity (Wildman–Crippen MR) is 67.4 cm³/mol. The SMILES string of the molecule is Cc1ccc(-c2[nH]c(C(=O)O)cc2C)c(C)c1. The van der Waals surface area contributed by atoms with Gasteiger partial charge in [-0.2, -0.15) is 0 Å². The number of carbonyl (C=O) groups is 1. The number of hydrogen-bond donors (Lipinski definition) is 2. The minimum atomic E-state index is -0.927. The fourth-order valence-corrected chi connectivity index (χ4v) is 2.05. The Hall–Kier alpha value is -2.03. The first-order valence-electron chi connectivity index (χ1n) is 5.49. The Bertz CT molecular complexity index is 582. The van der Waals surface area contributed by atoms with Gasteiger partial charge in [-0.3, -0.25) is 0 Å². The predicted octanol–water partition coefficient (Wildman–Crippen LogP) is 3.31. The average Bonchev–Trinajstić information content (AvgIpc) is 2.61. The van der Waals surface area contributed by atoms with Crippen LogP contribution in [0.15, 0.2) is 24.3 Å². The fraction of sp³-hybridized carbons (Fsp3) is 0.214. The van der Waals surface area contributed by atoms with Crippen LogP contribution in [-0.4, -0.2) is 16.1 Å². The van der Waals surface area contributed by atoms with Crippen molar-refractivity contribution in [2.24, 2.45) is 0 Å². The van der Waals surface area contributed by atoms with E-state index in [1.165, 1.54) is 5.56 Å². The minimum absolute atomic E-state index is 0.234. The van der Waals surface area contributed by atoms with E-state index in [4.69, 9.17) is 5.11 Å². The number of aromatic amines is 1. The molecule has 1 aromatic carbocycles. The number of aromatic nitrogens is 1. The number of rotatable bonds is 2. The Morgan fingerprint density at radius 2 is 1.82 bits per heavy atom. The van der Waals surface area contributed by atoms with Gasteiger partial charge in [0.2, 0.25) is 0 Å². The van der Waals surface area contributed by atoms with E-state index in [1.807, 2.05) is 32.9 Å². The number of hydrogen-bond acceptors (Lipinski definition) is 1. The lowest BCUT2D eigenvalue weighted by Gasteiger charge is -2.06. The highest BCUT2D eigenvalue weighted by Crippen LogP contribution is 2.27. The quantitative estimate of drug-likeness (QED) is 0.830. The van der Waals surface area contributed by atoms with Crippen LogP contribution in [0.25, 0.3) is 11.3 Å². The van der Waals surface area contributed by atoms with E-state index in [1.54, 1.807) is 6.07 Å². The van der Waals surface area contributed by atoms with Crippen molar-refractivity contribution in [3.8, 4) is 11.3 Å². The molecule has 0 atom stereocenters. The van der Waals surface area contributed by atoms with E-state index in [9.17, 15) is 4.79 Å². The Balaban J connectivity index is 2.56. The summed E-state index contributed by atoms with van der Waals surface area (Å²) in [6.45, 7) is 5.99. The van der Waals surface area contributed by atoms with Crippen LogP contribution in [0.1, 0.15) is 27.2 Å². The third kappa shape index (κ3) is 2.09. The number of carboxylic acids is 1. The molecule has 0 aliphatic rings. The van der Waals surface area contributed by atoms with Crippen molar-refractivity contribution in [1.82, 2.24) is 4.98 Å². The van der Waals surface area contributed by atoms with E-state index >= 15 is 0 Å². The van der Waals surface area contributed by atoms with Crippen LogP contribution in [0.5, 0.6) is 0 Å². The van der Waals surface area contributed by atoms with Gasteiger partial charge in [-0.1, -0.05) is 23.8 Å². The Labute approximate surface area is 100 Å². The lowest BCUT2D eigenvalue weighted by molar-refractivity contribution is 0.0691. The molecule has 1 aromatic heterocycles. The summed E-state index contributed by atoms with van der Waals surface area (Å²) >= 11 is 0. The minimum Gasteiger partial charge on any atom is -0.477 e. The summed E-state index contributed by atoms with van der Waals surface area (Å²) in [5.41, 5.74) is 5.48. The molecule has 1 heterocycles. The van der Waals surface area contributed by atoms with E-state index in [0.717, 1.165) is 22.4 Å². The summed E-state index contributed by atoms with van der Waals surface area (Å²) in [4.78, 5) is 13.9. The number of aryl methyl sites for hydroxylation is 3. The maximum Gasteiger partial charge on any atom is 0.352 e. The van der Waals surface area contributed by atoms with Crippen LogP contribution in [0.3, 0.4) is 0 Å². The van der Waals surface area contributed by atoms with Gasteiger partial charge in [0.05, 0.1) is 0 Å². The standard InChI is InChI=1S/C14H15NO2/c1-8-4-5-11(9(2)6-8)13-10(3)7-12(15-13)14(16)17/h4-7,15H,1-3H3,(H,16,17). The van der Waals surface area contributed by atoms with Crippen LogP contribution in [0.2, 0.25) is 0 Å². The van der Waals surface area contributed by atoms with Crippen molar-refractivity contribution in [2.45, 2.75) is 20.8 Å². The molecule has 0 radical (unpaired) electrons. The molecule has 0 fully saturated rings. The molecule has 0 unspecified atom stereocenters. The third-order valence-electron chi connectivity index (χ3n) is 2.90. The Morgan fingerprint density at radius 3 is 2.35 bits per heavy atom. The highest BCUT2D eigenvalue weighted by Gasteiger charge is 2.12. The van der Waals surface area contributed by atoms with E-state index in [-0.39, 0.29) is 5.69 Å². The summed E-state index contributed by atoms with van der Waals surface area (Å²) in [5, 5.41) is 8.95. The van der Waals surface area contributed by atoms with Gasteiger partial charge < -0.3 is 10.1 Å². The summed E-state index contributed by atoms with van der Waals surface area (Å²) < 4.78 is 0. The highest BCUT2D eigenvalue weighted by atomic mass is 16.4. The summed E-state index contributed by atoms with van der Waals surface area (Å²) in [6, 6.07) is 7.81. The molecular formula is C14H15NO2. The molecule has 17 heavy (non-hydrogen) atoms. The molecule has 88 valence electrons. The zero-order valence-electron chi connectivity index (χ0n) is 10.2. The topological polar surface area (TPSA) is 53.1 Å². The van der Waals surface area contributed by atoms with Crippen molar-refractivity contribution < 1.29 is 9.90 Å². The van der Waals surface area contributed by atoms with Gasteiger partial charge in [0.15, 0.2) is 0 Å². The van der Waals surface area contributed by atoms with Gasteiger partial charge >= 0.3 is 5.97 Å². The Morgan fingerprint density at radius 1 is 1.12 bits per heavy atom. The third-order valence-corrected chi connectivity index (χ3v) is 2.90. The van der Waals surface area contributed by atoms with E-state index in [0.29, 0.717) is 0 Å². The van der Waals surface area contributed by atoms with Crippen molar-refractivity contribution in [1.29, 1.82) is 0 Å². The number of carboxylic acid groups (broad SMARTS) is 1. The summed E-state index contributed by atoms with van der Waals surface area (Å²) in [6.07, 6.45) is 0. The average molecular weight is 229 g/mol. The molecule has 0 aliphatic carbocycles. The first-order valence-corrected chi connectivity index (χ1v) is 5.49. The van der Waals surface area contributed by atoms with Gasteiger partial charge in [0.1, 0.15) is 5.69 Å². The van der Waals surface area contributed by atoms with E-state index < -0.39 is 5.97 Å². The van der Waals surface area contributed by atoms with Crippen molar-refractivity contribution >= 4 is 5.97 Å². The Kier molecular flexibility index (Phi) is 2.76. The molecule has 0 spiro atoms. The maximum atomic E-state index is 10.9. The fourth-order valence-electron chi connectivity index (χ4n) is 2.05. The molecule has 0 bridgehead atoms. The molecule has 2 N–H and O–H groups in total. The van der Waals surface area contributed by atoms with Crippen LogP contribution in [0, 0.1) is 20.8 Å². The lowest BCUT2D eigenvalue weighted by atomic mass is 10.0. The molecular weight excluding hydrogens is 214 g/mol. The normalized spacial score (nSPS) is 10.5. The van der Waals surface area contributed by atoms with Gasteiger partial charge in [-0.15, -0.1) is 0 Å². The van der Waals surface area contributed by atoms with Gasteiger partial charge in [0, 0.05) is 11.3 Å². The molecule has 3 heteroatoms. The van der Waals surface area contributed by atoms with Gasteiger partial charge in [0.25, 0.3) is 0 Å². The van der Waals surface area contributed by atoms with Crippen LogP contribution >= 0.6 is 0 Å². The van der Waals surface area contributed by atoms with Crippen molar-refractivity contribution in [3.63, 3.8) is 0 Å². The largest absolute Gasteiger partial charge is 0.477 e. The molecule has 0 saturated carbocycles. The molecule has 2 aromatic rings. The monoisotopic (exact) mass is 229 g/mol. The second-order valence-electron chi connectivity index (χ2n) is 4.36. The zero-order valence-corrected chi connectivity index (χ0v) is 10.2. The van der Waals surface area contributed by atoms with Crippen molar-refractivity contribution in [2.75, 3.05) is 0 Å². The number of H-pyrrole nitrogens is 1. The smallest absolute Gasteiger partial charge is 0.352 e. The molecule has 0 amide bonds. The summed E-state index contributed by atoms with van der Waals surface area (Å²) in [5.74, 6) is -0.927. The second-order valence-corrected chi connectivity index (χ2v) is 4.36. The maximum absolute atomic E-state index is 10.9. The highest BCUT2D eigenvalue weighted by molar-refractivity contribution is 5.88. The van der Waals surface area contributed by atoms with E-state index in [2.05, 4.69) is 11.1 Å². The molecule has 0 saturated heterocycles. The number of nitrogens with one attached hydrogen (secondary N) is 1. The van der Waals surface area contributed by atoms with Crippen molar-refractivity contribution in [3.05, 3.63) is 46.6 Å². The molecule has 2 rings (SSSR count). The first kappa shape index (κ1) is 11.5. The summed E-state index contributed by atoms with van der Waals surface area (Å²) in [7, 11) is 0. The van der Waals surface area contributed by atoms with Gasteiger partial charge in [-0.25, -0.2) is 4.79 Å². The number of aromatic carboxylic acids is 1. The lowest BCUT2D eigenvalue weighted by Crippen LogP contribution is -1.95. The van der Waals surface area contributed by atoms with Crippen LogP contribution in [-0.2, 0) is 0 Å². The van der Waals surface area contributed by atoms with Crippen LogP contribution < -0.4 is 0 Å². The van der Waals surface area contributed by atoms with Gasteiger partial charge in [-0.05, 0) is 38.0 Å². The zero-order chi connectivity index (χ0) is 12.6. The first-order chi connectivity index (χ1) is 7.99. The number of benzene rings is 1. The molecule has 3 nitrogen and oxygen atoms in total. The molecule has 0 aliphatic heterocycles.